The number of hydrogen-bond donors (Lipinski definition) is 0. The molecule has 0 atom stereocenters. The zero-order valence-corrected chi connectivity index (χ0v) is 14.5. The van der Waals surface area contributed by atoms with Gasteiger partial charge >= 0.3 is 0 Å². The van der Waals surface area contributed by atoms with E-state index in [1.54, 1.807) is 6.08 Å². The zero-order valence-electron chi connectivity index (χ0n) is 14.5. The molecule has 4 nitrogen and oxygen atoms in total. The van der Waals surface area contributed by atoms with Gasteiger partial charge in [0.2, 0.25) is 5.91 Å². The van der Waals surface area contributed by atoms with Gasteiger partial charge in [-0.2, -0.15) is 0 Å². The maximum atomic E-state index is 12.4. The summed E-state index contributed by atoms with van der Waals surface area (Å²) in [6.45, 7) is 9.19. The fourth-order valence-corrected chi connectivity index (χ4v) is 2.63. The van der Waals surface area contributed by atoms with Crippen LogP contribution in [0.1, 0.15) is 46.1 Å². The Hall–Kier alpha value is -1.97. The van der Waals surface area contributed by atoms with Gasteiger partial charge in [0.25, 0.3) is 0 Å². The maximum Gasteiger partial charge on any atom is 0.247 e. The molecule has 1 amide bonds. The van der Waals surface area contributed by atoms with Crippen LogP contribution in [-0.4, -0.2) is 36.1 Å². The van der Waals surface area contributed by atoms with Crippen LogP contribution in [0, 0.1) is 0 Å². The molecule has 126 valence electrons. The van der Waals surface area contributed by atoms with Gasteiger partial charge in [-0.25, -0.2) is 0 Å². The van der Waals surface area contributed by atoms with Crippen LogP contribution in [0.25, 0.3) is 6.08 Å². The molecule has 1 aliphatic carbocycles. The number of benzene rings is 1. The Morgan fingerprint density at radius 3 is 2.43 bits per heavy atom. The molecule has 0 spiro atoms. The second-order valence-electron chi connectivity index (χ2n) is 5.98. The number of ether oxygens (including phenoxy) is 2. The lowest BCUT2D eigenvalue weighted by atomic mass is 10.1. The molecular formula is C19H27NO3. The second-order valence-corrected chi connectivity index (χ2v) is 5.98. The van der Waals surface area contributed by atoms with E-state index in [0.29, 0.717) is 25.0 Å². The largest absolute Gasteiger partial charge is 0.490 e. The maximum absolute atomic E-state index is 12.4. The van der Waals surface area contributed by atoms with Crippen LogP contribution < -0.4 is 9.47 Å². The lowest BCUT2D eigenvalue weighted by molar-refractivity contribution is -0.128. The van der Waals surface area contributed by atoms with E-state index >= 15 is 0 Å². The Bertz CT molecular complexity index is 560. The summed E-state index contributed by atoms with van der Waals surface area (Å²) in [5.41, 5.74) is 0.935. The highest BCUT2D eigenvalue weighted by Crippen LogP contribution is 2.30. The van der Waals surface area contributed by atoms with Crippen molar-refractivity contribution in [1.82, 2.24) is 4.90 Å². The van der Waals surface area contributed by atoms with E-state index in [1.807, 2.05) is 43.0 Å². The summed E-state index contributed by atoms with van der Waals surface area (Å²) in [5.74, 6) is 1.53. The molecule has 1 aromatic carbocycles. The predicted octanol–water partition coefficient (Wildman–Crippen LogP) is 3.90. The SMILES string of the molecule is CCOc1ccc(/C=C/C(=O)N(C(C)C)C2CC2)cc1OCC. The number of carbonyl (C=O) groups is 1. The first-order valence-electron chi connectivity index (χ1n) is 8.46. The summed E-state index contributed by atoms with van der Waals surface area (Å²) >= 11 is 0. The van der Waals surface area contributed by atoms with Gasteiger partial charge in [0.1, 0.15) is 0 Å². The molecule has 2 rings (SSSR count). The van der Waals surface area contributed by atoms with Crippen LogP contribution in [0.5, 0.6) is 11.5 Å². The number of nitrogens with zero attached hydrogens (tertiary/aromatic N) is 1. The number of rotatable bonds is 8. The Morgan fingerprint density at radius 1 is 1.22 bits per heavy atom. The summed E-state index contributed by atoms with van der Waals surface area (Å²) in [6, 6.07) is 6.40. The van der Waals surface area contributed by atoms with Crippen molar-refractivity contribution in [2.45, 2.75) is 52.6 Å². The molecule has 4 heteroatoms. The van der Waals surface area contributed by atoms with Crippen LogP contribution in [0.3, 0.4) is 0 Å². The first-order valence-corrected chi connectivity index (χ1v) is 8.46. The molecule has 0 aliphatic heterocycles. The highest BCUT2D eigenvalue weighted by molar-refractivity contribution is 5.92. The van der Waals surface area contributed by atoms with Gasteiger partial charge in [-0.05, 0) is 64.3 Å². The van der Waals surface area contributed by atoms with Crippen LogP contribution in [0.15, 0.2) is 24.3 Å². The Morgan fingerprint density at radius 2 is 1.87 bits per heavy atom. The average Bonchev–Trinajstić information content (AvgIpc) is 3.32. The van der Waals surface area contributed by atoms with E-state index < -0.39 is 0 Å². The van der Waals surface area contributed by atoms with Crippen molar-refractivity contribution < 1.29 is 14.3 Å². The van der Waals surface area contributed by atoms with Gasteiger partial charge in [-0.3, -0.25) is 4.79 Å². The van der Waals surface area contributed by atoms with Crippen molar-refractivity contribution in [3.05, 3.63) is 29.8 Å². The van der Waals surface area contributed by atoms with Gasteiger partial charge in [-0.1, -0.05) is 6.07 Å². The third-order valence-electron chi connectivity index (χ3n) is 3.74. The highest BCUT2D eigenvalue weighted by Gasteiger charge is 2.33. The van der Waals surface area contributed by atoms with Crippen molar-refractivity contribution in [2.24, 2.45) is 0 Å². The molecule has 0 N–H and O–H groups in total. The van der Waals surface area contributed by atoms with Gasteiger partial charge < -0.3 is 14.4 Å². The molecule has 0 unspecified atom stereocenters. The van der Waals surface area contributed by atoms with Crippen molar-refractivity contribution in [2.75, 3.05) is 13.2 Å². The van der Waals surface area contributed by atoms with Gasteiger partial charge in [0.15, 0.2) is 11.5 Å². The monoisotopic (exact) mass is 317 g/mol. The first kappa shape index (κ1) is 17.4. The van der Waals surface area contributed by atoms with E-state index in [2.05, 4.69) is 13.8 Å². The van der Waals surface area contributed by atoms with Crippen molar-refractivity contribution in [3.8, 4) is 11.5 Å². The standard InChI is InChI=1S/C19H27NO3/c1-5-22-17-11-7-15(13-18(17)23-6-2)8-12-19(21)20(14(3)4)16-9-10-16/h7-8,11-14,16H,5-6,9-10H2,1-4H3/b12-8+. The molecule has 23 heavy (non-hydrogen) atoms. The molecule has 0 heterocycles. The molecule has 1 fully saturated rings. The second kappa shape index (κ2) is 8.04. The number of carbonyl (C=O) groups excluding carboxylic acids is 1. The Balaban J connectivity index is 2.11. The lowest BCUT2D eigenvalue weighted by Crippen LogP contribution is -2.37. The van der Waals surface area contributed by atoms with Crippen molar-refractivity contribution in [3.63, 3.8) is 0 Å². The van der Waals surface area contributed by atoms with E-state index in [4.69, 9.17) is 9.47 Å². The third kappa shape index (κ3) is 4.75. The summed E-state index contributed by atoms with van der Waals surface area (Å²) in [4.78, 5) is 14.4. The molecule has 1 aromatic rings. The number of amides is 1. The fraction of sp³-hybridized carbons (Fsp3) is 0.526. The number of hydrogen-bond acceptors (Lipinski definition) is 3. The normalized spacial score (nSPS) is 14.3. The molecule has 0 bridgehead atoms. The van der Waals surface area contributed by atoms with E-state index in [-0.39, 0.29) is 11.9 Å². The van der Waals surface area contributed by atoms with Gasteiger partial charge in [-0.15, -0.1) is 0 Å². The molecule has 0 aromatic heterocycles. The minimum absolute atomic E-state index is 0.0781. The topological polar surface area (TPSA) is 38.8 Å². The lowest BCUT2D eigenvalue weighted by Gasteiger charge is -2.25. The highest BCUT2D eigenvalue weighted by atomic mass is 16.5. The Kier molecular flexibility index (Phi) is 6.08. The van der Waals surface area contributed by atoms with Crippen LogP contribution in [0.2, 0.25) is 0 Å². The fourth-order valence-electron chi connectivity index (χ4n) is 2.63. The molecule has 1 aliphatic rings. The minimum atomic E-state index is 0.0781. The third-order valence-corrected chi connectivity index (χ3v) is 3.74. The summed E-state index contributed by atoms with van der Waals surface area (Å²) in [6.07, 6.45) is 5.74. The molecule has 0 radical (unpaired) electrons. The quantitative estimate of drug-likeness (QED) is 0.683. The van der Waals surface area contributed by atoms with E-state index in [1.165, 1.54) is 0 Å². The van der Waals surface area contributed by atoms with E-state index in [0.717, 1.165) is 24.2 Å². The minimum Gasteiger partial charge on any atom is -0.490 e. The smallest absolute Gasteiger partial charge is 0.247 e. The van der Waals surface area contributed by atoms with Crippen molar-refractivity contribution >= 4 is 12.0 Å². The predicted molar refractivity (Wildman–Crippen MR) is 92.8 cm³/mol. The summed E-state index contributed by atoms with van der Waals surface area (Å²) in [5, 5.41) is 0. The van der Waals surface area contributed by atoms with E-state index in [9.17, 15) is 4.79 Å². The van der Waals surface area contributed by atoms with Gasteiger partial charge in [0, 0.05) is 18.2 Å². The van der Waals surface area contributed by atoms with Crippen LogP contribution >= 0.6 is 0 Å². The van der Waals surface area contributed by atoms with Gasteiger partial charge in [0.05, 0.1) is 13.2 Å². The first-order chi connectivity index (χ1) is 11.1. The van der Waals surface area contributed by atoms with Crippen molar-refractivity contribution in [1.29, 1.82) is 0 Å². The summed E-state index contributed by atoms with van der Waals surface area (Å²) < 4.78 is 11.2. The zero-order chi connectivity index (χ0) is 16.8. The summed E-state index contributed by atoms with van der Waals surface area (Å²) in [7, 11) is 0. The Labute approximate surface area is 139 Å². The van der Waals surface area contributed by atoms with Crippen LogP contribution in [-0.2, 0) is 4.79 Å². The molecule has 1 saturated carbocycles. The van der Waals surface area contributed by atoms with Crippen LogP contribution in [0.4, 0.5) is 0 Å². The average molecular weight is 317 g/mol. The molecule has 0 saturated heterocycles. The molecular weight excluding hydrogens is 290 g/mol.